The van der Waals surface area contributed by atoms with E-state index in [-0.39, 0.29) is 6.23 Å². The number of piperidine rings is 1. The molecule has 1 unspecified atom stereocenters. The second-order valence-corrected chi connectivity index (χ2v) is 3.08. The molecule has 1 fully saturated rings. The number of aldehydes is 1. The number of carbonyl (C=O) groups excluding carboxylic acids is 1. The fraction of sp³-hybridized carbons (Fsp3) is 0.889. The molecule has 0 bridgehead atoms. The highest BCUT2D eigenvalue weighted by Crippen LogP contribution is 2.11. The van der Waals surface area contributed by atoms with Crippen LogP contribution in [0.2, 0.25) is 0 Å². The quantitative estimate of drug-likeness (QED) is 0.592. The average molecular weight is 171 g/mol. The van der Waals surface area contributed by atoms with Crippen LogP contribution < -0.4 is 0 Å². The van der Waals surface area contributed by atoms with Gasteiger partial charge in [0.1, 0.15) is 0 Å². The molecule has 0 N–H and O–H groups in total. The summed E-state index contributed by atoms with van der Waals surface area (Å²) < 4.78 is 5.29. The fourth-order valence-corrected chi connectivity index (χ4v) is 1.57. The molecule has 12 heavy (non-hydrogen) atoms. The average Bonchev–Trinajstić information content (AvgIpc) is 2.15. The molecule has 0 aromatic carbocycles. The van der Waals surface area contributed by atoms with Gasteiger partial charge in [-0.25, -0.2) is 0 Å². The van der Waals surface area contributed by atoms with Crippen LogP contribution in [0.1, 0.15) is 26.2 Å². The lowest BCUT2D eigenvalue weighted by atomic mass is 10.1. The molecule has 1 aliphatic rings. The second-order valence-electron chi connectivity index (χ2n) is 3.08. The van der Waals surface area contributed by atoms with E-state index in [0.717, 1.165) is 19.4 Å². The summed E-state index contributed by atoms with van der Waals surface area (Å²) >= 11 is 0. The Balaban J connectivity index is 2.34. The zero-order chi connectivity index (χ0) is 8.81. The molecule has 0 spiro atoms. The van der Waals surface area contributed by atoms with Gasteiger partial charge in [0.25, 0.3) is 0 Å². The lowest BCUT2D eigenvalue weighted by molar-refractivity contribution is -0.131. The maximum atomic E-state index is 10.6. The Bertz CT molecular complexity index is 132. The molecule has 3 heteroatoms. The van der Waals surface area contributed by atoms with E-state index in [1.54, 1.807) is 0 Å². The maximum Gasteiger partial charge on any atom is 0.167 e. The molecule has 1 aliphatic heterocycles. The number of carbonyl (C=O) groups is 1. The highest BCUT2D eigenvalue weighted by Gasteiger charge is 2.19. The monoisotopic (exact) mass is 171 g/mol. The van der Waals surface area contributed by atoms with Crippen LogP contribution >= 0.6 is 0 Å². The normalized spacial score (nSPS) is 22.1. The van der Waals surface area contributed by atoms with E-state index in [2.05, 4.69) is 4.90 Å². The number of rotatable bonds is 4. The minimum Gasteiger partial charge on any atom is -0.356 e. The van der Waals surface area contributed by atoms with Crippen LogP contribution in [0.25, 0.3) is 0 Å². The van der Waals surface area contributed by atoms with E-state index in [1.165, 1.54) is 19.3 Å². The molecule has 1 heterocycles. The predicted octanol–water partition coefficient (Wildman–Crippen LogP) is 1.03. The molecule has 0 saturated carbocycles. The van der Waals surface area contributed by atoms with Crippen molar-refractivity contribution in [3.8, 4) is 0 Å². The Kier molecular flexibility index (Phi) is 4.25. The molecule has 0 amide bonds. The first-order valence-corrected chi connectivity index (χ1v) is 4.69. The SMILES string of the molecule is CCOC(C=O)N1CCCCC1. The van der Waals surface area contributed by atoms with Crippen LogP contribution in [-0.4, -0.2) is 37.1 Å². The summed E-state index contributed by atoms with van der Waals surface area (Å²) in [6, 6.07) is 0. The highest BCUT2D eigenvalue weighted by molar-refractivity contribution is 5.55. The number of ether oxygens (including phenoxy) is 1. The zero-order valence-corrected chi connectivity index (χ0v) is 7.66. The van der Waals surface area contributed by atoms with E-state index in [9.17, 15) is 4.79 Å². The van der Waals surface area contributed by atoms with E-state index in [1.807, 2.05) is 6.92 Å². The molecular weight excluding hydrogens is 154 g/mol. The smallest absolute Gasteiger partial charge is 0.167 e. The first kappa shape index (κ1) is 9.68. The van der Waals surface area contributed by atoms with Crippen molar-refractivity contribution < 1.29 is 9.53 Å². The summed E-state index contributed by atoms with van der Waals surface area (Å²) in [6.07, 6.45) is 4.27. The standard InChI is InChI=1S/C9H17NO2/c1-2-12-9(8-11)10-6-4-3-5-7-10/h8-9H,2-7H2,1H3. The minimum absolute atomic E-state index is 0.296. The minimum atomic E-state index is -0.296. The summed E-state index contributed by atoms with van der Waals surface area (Å²) in [4.78, 5) is 12.7. The predicted molar refractivity (Wildman–Crippen MR) is 46.9 cm³/mol. The van der Waals surface area contributed by atoms with Gasteiger partial charge in [-0.3, -0.25) is 9.69 Å². The van der Waals surface area contributed by atoms with Gasteiger partial charge in [-0.2, -0.15) is 0 Å². The third-order valence-electron chi connectivity index (χ3n) is 2.20. The first-order chi connectivity index (χ1) is 5.88. The fourth-order valence-electron chi connectivity index (χ4n) is 1.57. The van der Waals surface area contributed by atoms with Crippen molar-refractivity contribution in [1.29, 1.82) is 0 Å². The topological polar surface area (TPSA) is 29.5 Å². The Morgan fingerprint density at radius 1 is 1.42 bits per heavy atom. The Labute approximate surface area is 73.7 Å². The van der Waals surface area contributed by atoms with E-state index < -0.39 is 0 Å². The third-order valence-corrected chi connectivity index (χ3v) is 2.20. The molecule has 0 radical (unpaired) electrons. The van der Waals surface area contributed by atoms with Crippen molar-refractivity contribution in [2.24, 2.45) is 0 Å². The molecular formula is C9H17NO2. The van der Waals surface area contributed by atoms with Gasteiger partial charge in [0.2, 0.25) is 0 Å². The highest BCUT2D eigenvalue weighted by atomic mass is 16.5. The van der Waals surface area contributed by atoms with E-state index in [0.29, 0.717) is 6.61 Å². The summed E-state index contributed by atoms with van der Waals surface area (Å²) in [5.74, 6) is 0. The lowest BCUT2D eigenvalue weighted by Crippen LogP contribution is -2.41. The molecule has 0 aromatic heterocycles. The van der Waals surface area contributed by atoms with Gasteiger partial charge in [0.15, 0.2) is 12.5 Å². The number of hydrogen-bond donors (Lipinski definition) is 0. The molecule has 1 atom stereocenters. The number of nitrogens with zero attached hydrogens (tertiary/aromatic N) is 1. The summed E-state index contributed by atoms with van der Waals surface area (Å²) in [5.41, 5.74) is 0. The van der Waals surface area contributed by atoms with Gasteiger partial charge in [-0.1, -0.05) is 6.42 Å². The van der Waals surface area contributed by atoms with Crippen LogP contribution in [0.5, 0.6) is 0 Å². The van der Waals surface area contributed by atoms with Gasteiger partial charge in [0.05, 0.1) is 0 Å². The van der Waals surface area contributed by atoms with Gasteiger partial charge < -0.3 is 4.74 Å². The maximum absolute atomic E-state index is 10.6. The van der Waals surface area contributed by atoms with Crippen LogP contribution in [0.3, 0.4) is 0 Å². The lowest BCUT2D eigenvalue weighted by Gasteiger charge is -2.30. The Morgan fingerprint density at radius 3 is 2.58 bits per heavy atom. The Morgan fingerprint density at radius 2 is 2.08 bits per heavy atom. The summed E-state index contributed by atoms with van der Waals surface area (Å²) in [6.45, 7) is 4.53. The van der Waals surface area contributed by atoms with Crippen molar-refractivity contribution in [3.63, 3.8) is 0 Å². The Hall–Kier alpha value is -0.410. The second kappa shape index (κ2) is 5.27. The molecule has 70 valence electrons. The molecule has 1 saturated heterocycles. The van der Waals surface area contributed by atoms with Crippen molar-refractivity contribution in [3.05, 3.63) is 0 Å². The van der Waals surface area contributed by atoms with Crippen molar-refractivity contribution in [2.45, 2.75) is 32.4 Å². The van der Waals surface area contributed by atoms with Gasteiger partial charge >= 0.3 is 0 Å². The number of hydrogen-bond acceptors (Lipinski definition) is 3. The molecule has 0 aliphatic carbocycles. The van der Waals surface area contributed by atoms with Gasteiger partial charge in [-0.15, -0.1) is 0 Å². The largest absolute Gasteiger partial charge is 0.356 e. The van der Waals surface area contributed by atoms with E-state index >= 15 is 0 Å². The van der Waals surface area contributed by atoms with Gasteiger partial charge in [0, 0.05) is 19.7 Å². The first-order valence-electron chi connectivity index (χ1n) is 4.69. The van der Waals surface area contributed by atoms with Crippen molar-refractivity contribution in [1.82, 2.24) is 4.90 Å². The molecule has 1 rings (SSSR count). The van der Waals surface area contributed by atoms with Crippen LogP contribution in [-0.2, 0) is 9.53 Å². The van der Waals surface area contributed by atoms with E-state index in [4.69, 9.17) is 4.74 Å². The van der Waals surface area contributed by atoms with Crippen LogP contribution in [0.4, 0.5) is 0 Å². The van der Waals surface area contributed by atoms with Crippen molar-refractivity contribution >= 4 is 6.29 Å². The van der Waals surface area contributed by atoms with Crippen LogP contribution in [0, 0.1) is 0 Å². The number of likely N-dealkylation sites (tertiary alicyclic amines) is 1. The van der Waals surface area contributed by atoms with Crippen LogP contribution in [0.15, 0.2) is 0 Å². The van der Waals surface area contributed by atoms with Gasteiger partial charge in [-0.05, 0) is 19.8 Å². The third kappa shape index (κ3) is 2.57. The van der Waals surface area contributed by atoms with Crippen molar-refractivity contribution in [2.75, 3.05) is 19.7 Å². The molecule has 0 aromatic rings. The zero-order valence-electron chi connectivity index (χ0n) is 7.66. The summed E-state index contributed by atoms with van der Waals surface area (Å²) in [5, 5.41) is 0. The summed E-state index contributed by atoms with van der Waals surface area (Å²) in [7, 11) is 0. The molecule has 3 nitrogen and oxygen atoms in total.